The molecule has 2 saturated heterocycles. The Labute approximate surface area is 149 Å². The lowest BCUT2D eigenvalue weighted by Crippen LogP contribution is -2.42. The van der Waals surface area contributed by atoms with E-state index in [0.29, 0.717) is 18.5 Å². The van der Waals surface area contributed by atoms with Crippen LogP contribution < -0.4 is 11.4 Å². The summed E-state index contributed by atoms with van der Waals surface area (Å²) in [5.41, 5.74) is 5.12. The fourth-order valence-electron chi connectivity index (χ4n) is 3.95. The molecule has 3 heterocycles. The topological polar surface area (TPSA) is 114 Å². The lowest BCUT2D eigenvalue weighted by atomic mass is 9.52. The van der Waals surface area contributed by atoms with Crippen LogP contribution in [0, 0.1) is 6.92 Å². The van der Waals surface area contributed by atoms with Crippen molar-refractivity contribution in [2.45, 2.75) is 50.6 Å². The third kappa shape index (κ3) is 3.10. The summed E-state index contributed by atoms with van der Waals surface area (Å²) in [4.78, 5) is 16.1. The lowest BCUT2D eigenvalue weighted by Gasteiger charge is -2.33. The van der Waals surface area contributed by atoms with Crippen molar-refractivity contribution in [1.82, 2.24) is 9.55 Å². The van der Waals surface area contributed by atoms with Gasteiger partial charge in [0.2, 0.25) is 0 Å². The molecule has 0 aliphatic carbocycles. The van der Waals surface area contributed by atoms with Crippen LogP contribution in [-0.4, -0.2) is 40.7 Å². The highest BCUT2D eigenvalue weighted by Crippen LogP contribution is 2.57. The van der Waals surface area contributed by atoms with Gasteiger partial charge >= 0.3 is 5.69 Å². The number of rotatable bonds is 6. The Morgan fingerprint density at radius 1 is 1.44 bits per heavy atom. The zero-order valence-corrected chi connectivity index (χ0v) is 16.1. The first-order valence-electron chi connectivity index (χ1n) is 8.12. The van der Waals surface area contributed by atoms with Crippen molar-refractivity contribution in [3.8, 4) is 0 Å². The summed E-state index contributed by atoms with van der Waals surface area (Å²) < 4.78 is 36.4. The monoisotopic (exact) mass is 381 g/mol. The van der Waals surface area contributed by atoms with Crippen LogP contribution in [0.2, 0.25) is 25.8 Å². The maximum Gasteiger partial charge on any atom is 0.351 e. The van der Waals surface area contributed by atoms with Gasteiger partial charge in [-0.05, 0) is 13.2 Å². The van der Waals surface area contributed by atoms with Gasteiger partial charge in [-0.3, -0.25) is 13.7 Å². The average Bonchev–Trinajstić information content (AvgIpc) is 3.09. The molecule has 0 unspecified atom stereocenters. The standard InChI is InChI=1S/C13H19B2N3O5P2/c1-7-4-18(12(19)17-10(7)16)11-8-9(15(3)25-21)13(23-11,6-22-8)5-14(2)24-20/h4,8-9,11H,5-6H2,1-3H3,(H2,16,17,19)/t8-,9+,11+,13+/m1/s1. The van der Waals surface area contributed by atoms with Gasteiger partial charge < -0.3 is 15.2 Å². The highest BCUT2D eigenvalue weighted by atomic mass is 31.1. The van der Waals surface area contributed by atoms with E-state index in [1.807, 2.05) is 13.6 Å². The maximum absolute atomic E-state index is 12.3. The van der Waals surface area contributed by atoms with Gasteiger partial charge in [0.1, 0.15) is 11.9 Å². The van der Waals surface area contributed by atoms with Crippen LogP contribution in [-0.2, 0) is 18.6 Å². The molecule has 2 bridgehead atoms. The average molecular weight is 381 g/mol. The van der Waals surface area contributed by atoms with Crippen molar-refractivity contribution < 1.29 is 18.6 Å². The molecule has 3 rings (SSSR count). The Balaban J connectivity index is 2.02. The van der Waals surface area contributed by atoms with E-state index in [1.54, 1.807) is 13.1 Å². The van der Waals surface area contributed by atoms with Gasteiger partial charge in [-0.2, -0.15) is 4.98 Å². The second-order valence-electron chi connectivity index (χ2n) is 6.88. The Kier molecular flexibility index (Phi) is 5.18. The summed E-state index contributed by atoms with van der Waals surface area (Å²) in [6.45, 7) is 5.80. The van der Waals surface area contributed by atoms with Crippen LogP contribution in [0.5, 0.6) is 0 Å². The molecule has 2 N–H and O–H groups in total. The molecule has 25 heavy (non-hydrogen) atoms. The summed E-state index contributed by atoms with van der Waals surface area (Å²) in [5, 5.41) is 0. The first kappa shape index (κ1) is 18.7. The summed E-state index contributed by atoms with van der Waals surface area (Å²) in [6.07, 6.45) is 0.658. The third-order valence-electron chi connectivity index (χ3n) is 5.07. The molecule has 12 heteroatoms. The molecule has 2 aliphatic heterocycles. The van der Waals surface area contributed by atoms with Crippen molar-refractivity contribution in [2.75, 3.05) is 12.3 Å². The highest BCUT2D eigenvalue weighted by molar-refractivity contribution is 7.67. The fraction of sp³-hybridized carbons (Fsp3) is 0.692. The van der Waals surface area contributed by atoms with Crippen molar-refractivity contribution in [3.05, 3.63) is 22.2 Å². The largest absolute Gasteiger partial charge is 0.383 e. The molecule has 0 aromatic carbocycles. The van der Waals surface area contributed by atoms with Gasteiger partial charge in [0.15, 0.2) is 6.23 Å². The second-order valence-corrected chi connectivity index (χ2v) is 9.00. The number of hydrogen-bond acceptors (Lipinski definition) is 7. The highest BCUT2D eigenvalue weighted by Gasteiger charge is 2.64. The van der Waals surface area contributed by atoms with Crippen LogP contribution in [0.3, 0.4) is 0 Å². The minimum Gasteiger partial charge on any atom is -0.383 e. The molecule has 1 aromatic rings. The SMILES string of the molecule is CB(C[C@@]12CO[C@@H]([C@@H](n3cc(C)c(N)nc3=O)O1)[C@@H]2B(C)P=O)P=O. The van der Waals surface area contributed by atoms with Crippen LogP contribution in [0.15, 0.2) is 11.0 Å². The molecule has 132 valence electrons. The molecule has 2 fully saturated rings. The number of fused-ring (bicyclic) bond motifs is 2. The molecule has 1 aromatic heterocycles. The minimum absolute atomic E-state index is 0.0106. The van der Waals surface area contributed by atoms with Gasteiger partial charge in [-0.15, -0.1) is 0 Å². The predicted octanol–water partition coefficient (Wildman–Crippen LogP) is 2.00. The fourth-order valence-corrected chi connectivity index (χ4v) is 4.91. The summed E-state index contributed by atoms with van der Waals surface area (Å²) in [6, 6.07) is 0. The summed E-state index contributed by atoms with van der Waals surface area (Å²) >= 11 is 0. The smallest absolute Gasteiger partial charge is 0.351 e. The third-order valence-corrected chi connectivity index (χ3v) is 6.27. The number of aromatic nitrogens is 2. The molecular formula is C13H19B2N3O5P2. The van der Waals surface area contributed by atoms with Crippen LogP contribution in [0.4, 0.5) is 5.82 Å². The maximum atomic E-state index is 12.3. The van der Waals surface area contributed by atoms with Gasteiger partial charge in [-0.1, -0.05) is 13.6 Å². The van der Waals surface area contributed by atoms with E-state index < -0.39 is 23.6 Å². The van der Waals surface area contributed by atoms with Crippen molar-refractivity contribution in [2.24, 2.45) is 0 Å². The van der Waals surface area contributed by atoms with Crippen molar-refractivity contribution in [3.63, 3.8) is 0 Å². The molecule has 4 atom stereocenters. The van der Waals surface area contributed by atoms with E-state index in [9.17, 15) is 13.9 Å². The molecule has 0 saturated carbocycles. The number of anilines is 1. The van der Waals surface area contributed by atoms with Crippen molar-refractivity contribution >= 4 is 35.4 Å². The lowest BCUT2D eigenvalue weighted by molar-refractivity contribution is -0.166. The Bertz CT molecular complexity index is 766. The first-order chi connectivity index (χ1) is 11.8. The van der Waals surface area contributed by atoms with Crippen LogP contribution in [0.25, 0.3) is 0 Å². The molecule has 0 amide bonds. The molecule has 0 radical (unpaired) electrons. The van der Waals surface area contributed by atoms with Crippen LogP contribution >= 0.6 is 16.7 Å². The molecule has 0 spiro atoms. The summed E-state index contributed by atoms with van der Waals surface area (Å²) in [5.74, 6) is 0.00688. The normalized spacial score (nSPS) is 30.9. The quantitative estimate of drug-likeness (QED) is 0.592. The predicted molar refractivity (Wildman–Crippen MR) is 97.2 cm³/mol. The zero-order valence-electron chi connectivity index (χ0n) is 14.3. The molecule has 2 aliphatic rings. The number of nitrogen functional groups attached to an aromatic ring is 1. The number of ether oxygens (including phenoxy) is 2. The number of aryl methyl sites for hydroxylation is 1. The second kappa shape index (κ2) is 6.92. The number of hydrogen-bond donors (Lipinski definition) is 1. The Morgan fingerprint density at radius 2 is 2.16 bits per heavy atom. The minimum atomic E-state index is -0.724. The Hall–Kier alpha value is -1.07. The van der Waals surface area contributed by atoms with E-state index in [4.69, 9.17) is 15.2 Å². The van der Waals surface area contributed by atoms with E-state index in [0.717, 1.165) is 0 Å². The molecular weight excluding hydrogens is 362 g/mol. The number of nitrogens with two attached hydrogens (primary N) is 1. The Morgan fingerprint density at radius 3 is 2.80 bits per heavy atom. The summed E-state index contributed by atoms with van der Waals surface area (Å²) in [7, 11) is 0.00952. The zero-order chi connectivity index (χ0) is 18.4. The van der Waals surface area contributed by atoms with Crippen molar-refractivity contribution in [1.29, 1.82) is 0 Å². The van der Waals surface area contributed by atoms with Gasteiger partial charge in [0.05, 0.1) is 28.9 Å². The first-order valence-corrected chi connectivity index (χ1v) is 9.89. The molecule has 8 nitrogen and oxygen atoms in total. The van der Waals surface area contributed by atoms with E-state index in [2.05, 4.69) is 4.98 Å². The van der Waals surface area contributed by atoms with E-state index in [1.165, 1.54) is 4.57 Å². The van der Waals surface area contributed by atoms with Gasteiger partial charge in [-0.25, -0.2) is 4.79 Å². The van der Waals surface area contributed by atoms with Gasteiger partial charge in [0.25, 0.3) is 12.9 Å². The van der Waals surface area contributed by atoms with E-state index >= 15 is 0 Å². The van der Waals surface area contributed by atoms with E-state index in [-0.39, 0.29) is 41.2 Å². The van der Waals surface area contributed by atoms with Gasteiger partial charge in [0, 0.05) is 17.6 Å². The number of nitrogens with zero attached hydrogens (tertiary/aromatic N) is 2. The van der Waals surface area contributed by atoms with Crippen LogP contribution in [0.1, 0.15) is 11.8 Å².